The molecule has 0 aromatic heterocycles. The maximum Gasteiger partial charge on any atom is 0.308 e. The number of methoxy groups -OCH3 is 2. The number of carbonyl (C=O) groups is 1. The maximum absolute atomic E-state index is 11.5. The largest absolute Gasteiger partial charge is 0.493 e. The van der Waals surface area contributed by atoms with Gasteiger partial charge in [-0.1, -0.05) is 48.5 Å². The van der Waals surface area contributed by atoms with Gasteiger partial charge < -0.3 is 14.2 Å². The van der Waals surface area contributed by atoms with Crippen LogP contribution in [-0.4, -0.2) is 62.5 Å². The van der Waals surface area contributed by atoms with E-state index in [9.17, 15) is 4.79 Å². The topological polar surface area (TPSA) is 63.6 Å². The van der Waals surface area contributed by atoms with Gasteiger partial charge in [0.2, 0.25) is 5.75 Å². The zero-order valence-corrected chi connectivity index (χ0v) is 20.2. The second-order valence-electron chi connectivity index (χ2n) is 8.66. The third kappa shape index (κ3) is 4.47. The van der Waals surface area contributed by atoms with Crippen LogP contribution in [-0.2, 0) is 4.79 Å². The first-order valence-electron chi connectivity index (χ1n) is 11.7. The molecule has 1 aliphatic carbocycles. The molecule has 1 heterocycles. The van der Waals surface area contributed by atoms with Crippen LogP contribution in [0, 0.1) is 0 Å². The van der Waals surface area contributed by atoms with Crippen molar-refractivity contribution in [2.45, 2.75) is 13.0 Å². The Kier molecular flexibility index (Phi) is 6.42. The molecule has 180 valence electrons. The van der Waals surface area contributed by atoms with Gasteiger partial charge in [-0.15, -0.1) is 0 Å². The first-order valence-corrected chi connectivity index (χ1v) is 11.7. The van der Waals surface area contributed by atoms with E-state index >= 15 is 0 Å². The van der Waals surface area contributed by atoms with Crippen LogP contribution in [0.25, 0.3) is 11.1 Å². The number of esters is 1. The van der Waals surface area contributed by atoms with Crippen molar-refractivity contribution in [2.24, 2.45) is 5.10 Å². The van der Waals surface area contributed by atoms with Gasteiger partial charge in [0.05, 0.1) is 26.5 Å². The molecular formula is C28H29N3O4. The average molecular weight is 472 g/mol. The molecular weight excluding hydrogens is 442 g/mol. The molecule has 0 radical (unpaired) electrons. The quantitative estimate of drug-likeness (QED) is 0.303. The molecule has 7 nitrogen and oxygen atoms in total. The number of benzene rings is 3. The normalized spacial score (nSPS) is 15.7. The van der Waals surface area contributed by atoms with Crippen molar-refractivity contribution in [3.05, 3.63) is 77.4 Å². The van der Waals surface area contributed by atoms with Gasteiger partial charge in [-0.05, 0) is 34.4 Å². The molecule has 1 aliphatic heterocycles. The molecule has 5 rings (SSSR count). The SMILES string of the molecule is COc1cc(/C=N/N2CCN(C3c4ccccc4-c4ccccc43)CC2)cc(OC)c1OC(C)=O. The Bertz CT molecular complexity index is 1190. The van der Waals surface area contributed by atoms with Crippen molar-refractivity contribution in [3.63, 3.8) is 0 Å². The molecule has 0 unspecified atom stereocenters. The smallest absolute Gasteiger partial charge is 0.308 e. The molecule has 0 saturated carbocycles. The van der Waals surface area contributed by atoms with E-state index in [0.717, 1.165) is 31.7 Å². The Morgan fingerprint density at radius 3 is 1.94 bits per heavy atom. The molecule has 0 amide bonds. The second kappa shape index (κ2) is 9.80. The summed E-state index contributed by atoms with van der Waals surface area (Å²) < 4.78 is 16.1. The number of rotatable bonds is 6. The van der Waals surface area contributed by atoms with E-state index in [0.29, 0.717) is 11.5 Å². The fourth-order valence-electron chi connectivity index (χ4n) is 4.97. The summed E-state index contributed by atoms with van der Waals surface area (Å²) in [5, 5.41) is 6.79. The van der Waals surface area contributed by atoms with Gasteiger partial charge in [0.15, 0.2) is 11.5 Å². The van der Waals surface area contributed by atoms with Crippen LogP contribution in [0.3, 0.4) is 0 Å². The first-order chi connectivity index (χ1) is 17.1. The highest BCUT2D eigenvalue weighted by atomic mass is 16.6. The lowest BCUT2D eigenvalue weighted by Gasteiger charge is -2.37. The van der Waals surface area contributed by atoms with Crippen LogP contribution >= 0.6 is 0 Å². The highest BCUT2D eigenvalue weighted by molar-refractivity contribution is 5.83. The van der Waals surface area contributed by atoms with Gasteiger partial charge in [0.25, 0.3) is 0 Å². The summed E-state index contributed by atoms with van der Waals surface area (Å²) in [6, 6.07) is 21.3. The Morgan fingerprint density at radius 1 is 0.886 bits per heavy atom. The lowest BCUT2D eigenvalue weighted by atomic mass is 10.0. The molecule has 0 N–H and O–H groups in total. The third-order valence-electron chi connectivity index (χ3n) is 6.56. The fraction of sp³-hybridized carbons (Fsp3) is 0.286. The first kappa shape index (κ1) is 22.9. The molecule has 0 spiro atoms. The van der Waals surface area contributed by atoms with E-state index in [2.05, 4.69) is 58.4 Å². The van der Waals surface area contributed by atoms with E-state index in [1.807, 2.05) is 0 Å². The minimum Gasteiger partial charge on any atom is -0.493 e. The Labute approximate surface area is 205 Å². The summed E-state index contributed by atoms with van der Waals surface area (Å²) >= 11 is 0. The van der Waals surface area contributed by atoms with Gasteiger partial charge in [0, 0.05) is 38.7 Å². The van der Waals surface area contributed by atoms with Crippen molar-refractivity contribution >= 4 is 12.2 Å². The van der Waals surface area contributed by atoms with Gasteiger partial charge in [-0.3, -0.25) is 14.7 Å². The lowest BCUT2D eigenvalue weighted by molar-refractivity contribution is -0.132. The number of ether oxygens (including phenoxy) is 3. The molecule has 1 fully saturated rings. The van der Waals surface area contributed by atoms with Crippen LogP contribution in [0.1, 0.15) is 29.7 Å². The van der Waals surface area contributed by atoms with Crippen LogP contribution in [0.5, 0.6) is 17.2 Å². The minimum atomic E-state index is -0.437. The molecule has 0 atom stereocenters. The van der Waals surface area contributed by atoms with Gasteiger partial charge >= 0.3 is 5.97 Å². The number of hydrazone groups is 1. The number of hydrogen-bond donors (Lipinski definition) is 0. The molecule has 35 heavy (non-hydrogen) atoms. The monoisotopic (exact) mass is 471 g/mol. The fourth-order valence-corrected chi connectivity index (χ4v) is 4.97. The number of piperazine rings is 1. The summed E-state index contributed by atoms with van der Waals surface area (Å²) in [5.41, 5.74) is 6.26. The number of nitrogens with zero attached hydrogens (tertiary/aromatic N) is 3. The third-order valence-corrected chi connectivity index (χ3v) is 6.56. The summed E-state index contributed by atoms with van der Waals surface area (Å²) in [6.45, 7) is 4.84. The van der Waals surface area contributed by atoms with E-state index < -0.39 is 5.97 Å². The zero-order chi connectivity index (χ0) is 24.4. The standard InChI is InChI=1S/C28H29N3O4/c1-19(32)35-28-25(33-2)16-20(17-26(28)34-3)18-29-31-14-12-30(13-15-31)27-23-10-6-4-8-21(23)22-9-5-7-11-24(22)27/h4-11,16-18,27H,12-15H2,1-3H3/b29-18+. The molecule has 3 aromatic carbocycles. The highest BCUT2D eigenvalue weighted by Gasteiger charge is 2.33. The lowest BCUT2D eigenvalue weighted by Crippen LogP contribution is -2.45. The van der Waals surface area contributed by atoms with Crippen molar-refractivity contribution < 1.29 is 19.0 Å². The minimum absolute atomic E-state index is 0.269. The van der Waals surface area contributed by atoms with Crippen molar-refractivity contribution in [1.29, 1.82) is 0 Å². The highest BCUT2D eigenvalue weighted by Crippen LogP contribution is 2.46. The number of carbonyl (C=O) groups excluding carboxylic acids is 1. The van der Waals surface area contributed by atoms with Crippen LogP contribution < -0.4 is 14.2 Å². The van der Waals surface area contributed by atoms with Crippen molar-refractivity contribution in [3.8, 4) is 28.4 Å². The Hall–Kier alpha value is -3.84. The second-order valence-corrected chi connectivity index (χ2v) is 8.66. The maximum atomic E-state index is 11.5. The predicted octanol–water partition coefficient (Wildman–Crippen LogP) is 4.35. The Morgan fingerprint density at radius 2 is 1.43 bits per heavy atom. The summed E-state index contributed by atoms with van der Waals surface area (Å²) in [5.74, 6) is 0.674. The Balaban J connectivity index is 1.30. The zero-order valence-electron chi connectivity index (χ0n) is 20.2. The van der Waals surface area contributed by atoms with Crippen LogP contribution in [0.15, 0.2) is 65.8 Å². The van der Waals surface area contributed by atoms with Crippen LogP contribution in [0.2, 0.25) is 0 Å². The summed E-state index contributed by atoms with van der Waals surface area (Å²) in [4.78, 5) is 14.0. The van der Waals surface area contributed by atoms with E-state index in [1.165, 1.54) is 43.4 Å². The van der Waals surface area contributed by atoms with Crippen molar-refractivity contribution in [2.75, 3.05) is 40.4 Å². The van der Waals surface area contributed by atoms with Gasteiger partial charge in [-0.2, -0.15) is 5.10 Å². The molecule has 7 heteroatoms. The summed E-state index contributed by atoms with van der Waals surface area (Å²) in [6.07, 6.45) is 1.79. The molecule has 2 aliphatic rings. The predicted molar refractivity (Wildman–Crippen MR) is 135 cm³/mol. The molecule has 3 aromatic rings. The molecule has 1 saturated heterocycles. The van der Waals surface area contributed by atoms with E-state index in [-0.39, 0.29) is 11.8 Å². The van der Waals surface area contributed by atoms with Crippen molar-refractivity contribution in [1.82, 2.24) is 9.91 Å². The number of fused-ring (bicyclic) bond motifs is 3. The van der Waals surface area contributed by atoms with E-state index in [1.54, 1.807) is 18.3 Å². The number of hydrogen-bond acceptors (Lipinski definition) is 7. The van der Waals surface area contributed by atoms with E-state index in [4.69, 9.17) is 19.3 Å². The van der Waals surface area contributed by atoms with Gasteiger partial charge in [0.1, 0.15) is 0 Å². The average Bonchev–Trinajstić information content (AvgIpc) is 3.22. The van der Waals surface area contributed by atoms with Gasteiger partial charge in [-0.25, -0.2) is 0 Å². The van der Waals surface area contributed by atoms with Crippen LogP contribution in [0.4, 0.5) is 0 Å². The molecule has 0 bridgehead atoms. The summed E-state index contributed by atoms with van der Waals surface area (Å²) in [7, 11) is 3.06.